The number of halogens is 2. The zero-order valence-corrected chi connectivity index (χ0v) is 15.9. The molecule has 0 fully saturated rings. The number of rotatable bonds is 4. The van der Waals surface area contributed by atoms with Gasteiger partial charge in [-0.1, -0.05) is 68.2 Å². The van der Waals surface area contributed by atoms with Crippen molar-refractivity contribution in [1.82, 2.24) is 4.83 Å². The predicted molar refractivity (Wildman–Crippen MR) is 99.5 cm³/mol. The predicted octanol–water partition coefficient (Wildman–Crippen LogP) is 4.60. The monoisotopic (exact) mass is 384 g/mol. The van der Waals surface area contributed by atoms with Crippen LogP contribution in [0.1, 0.15) is 31.9 Å². The lowest BCUT2D eigenvalue weighted by molar-refractivity contribution is 0.584. The molecular formula is C17H18Cl2N2O2S. The Bertz CT molecular complexity index is 855. The Kier molecular flexibility index (Phi) is 5.58. The lowest BCUT2D eigenvalue weighted by atomic mass is 9.87. The lowest BCUT2D eigenvalue weighted by Crippen LogP contribution is -2.18. The maximum atomic E-state index is 12.1. The van der Waals surface area contributed by atoms with E-state index in [0.717, 1.165) is 5.56 Å². The number of hydrogen-bond donors (Lipinski definition) is 1. The fourth-order valence-electron chi connectivity index (χ4n) is 1.94. The molecule has 0 saturated heterocycles. The van der Waals surface area contributed by atoms with E-state index in [4.69, 9.17) is 23.2 Å². The van der Waals surface area contributed by atoms with Crippen molar-refractivity contribution in [2.24, 2.45) is 5.10 Å². The van der Waals surface area contributed by atoms with Gasteiger partial charge in [0.1, 0.15) is 0 Å². The lowest BCUT2D eigenvalue weighted by Gasteiger charge is -2.18. The van der Waals surface area contributed by atoms with Gasteiger partial charge in [-0.2, -0.15) is 13.5 Å². The van der Waals surface area contributed by atoms with E-state index in [1.807, 2.05) is 24.3 Å². The summed E-state index contributed by atoms with van der Waals surface area (Å²) in [5.74, 6) is 0. The summed E-state index contributed by atoms with van der Waals surface area (Å²) >= 11 is 11.6. The van der Waals surface area contributed by atoms with Crippen LogP contribution in [-0.4, -0.2) is 14.6 Å². The second-order valence-corrected chi connectivity index (χ2v) is 8.78. The Hall–Kier alpha value is -1.56. The topological polar surface area (TPSA) is 58.5 Å². The summed E-state index contributed by atoms with van der Waals surface area (Å²) in [6.07, 6.45) is 1.45. The first kappa shape index (κ1) is 18.8. The number of nitrogens with one attached hydrogen (secondary N) is 1. The molecule has 0 amide bonds. The standard InChI is InChI=1S/C17H18Cl2N2O2S/c1-17(2,3)13-6-4-12(5-7-13)11-20-21-24(22,23)14-8-9-15(18)16(19)10-14/h4-11,21H,1-3H3/b20-11+. The van der Waals surface area contributed by atoms with Crippen molar-refractivity contribution in [2.75, 3.05) is 0 Å². The Morgan fingerprint density at radius 2 is 1.62 bits per heavy atom. The molecular weight excluding hydrogens is 367 g/mol. The fraction of sp³-hybridized carbons (Fsp3) is 0.235. The maximum Gasteiger partial charge on any atom is 0.276 e. The number of sulfonamides is 1. The summed E-state index contributed by atoms with van der Waals surface area (Å²) in [7, 11) is -3.79. The van der Waals surface area contributed by atoms with Crippen LogP contribution in [0.25, 0.3) is 0 Å². The summed E-state index contributed by atoms with van der Waals surface area (Å²) < 4.78 is 24.3. The van der Waals surface area contributed by atoms with Crippen LogP contribution in [0.5, 0.6) is 0 Å². The zero-order valence-electron chi connectivity index (χ0n) is 13.5. The zero-order chi connectivity index (χ0) is 18.0. The van der Waals surface area contributed by atoms with Crippen LogP contribution in [0.15, 0.2) is 52.5 Å². The van der Waals surface area contributed by atoms with Crippen molar-refractivity contribution >= 4 is 39.4 Å². The van der Waals surface area contributed by atoms with Crippen LogP contribution in [0.2, 0.25) is 10.0 Å². The fourth-order valence-corrected chi connectivity index (χ4v) is 3.12. The first-order valence-corrected chi connectivity index (χ1v) is 9.44. The van der Waals surface area contributed by atoms with E-state index in [-0.39, 0.29) is 20.4 Å². The molecule has 24 heavy (non-hydrogen) atoms. The highest BCUT2D eigenvalue weighted by Gasteiger charge is 2.14. The van der Waals surface area contributed by atoms with Gasteiger partial charge in [0.15, 0.2) is 0 Å². The van der Waals surface area contributed by atoms with Gasteiger partial charge in [0, 0.05) is 0 Å². The molecule has 0 aliphatic heterocycles. The van der Waals surface area contributed by atoms with Gasteiger partial charge in [0.25, 0.3) is 10.0 Å². The van der Waals surface area contributed by atoms with Crippen LogP contribution in [0.4, 0.5) is 0 Å². The van der Waals surface area contributed by atoms with Gasteiger partial charge in [-0.25, -0.2) is 4.83 Å². The SMILES string of the molecule is CC(C)(C)c1ccc(/C=N/NS(=O)(=O)c2ccc(Cl)c(Cl)c2)cc1. The maximum absolute atomic E-state index is 12.1. The van der Waals surface area contributed by atoms with Crippen molar-refractivity contribution in [2.45, 2.75) is 31.1 Å². The summed E-state index contributed by atoms with van der Waals surface area (Å²) in [5.41, 5.74) is 2.04. The highest BCUT2D eigenvalue weighted by molar-refractivity contribution is 7.89. The van der Waals surface area contributed by atoms with Crippen LogP contribution in [0.3, 0.4) is 0 Å². The van der Waals surface area contributed by atoms with Gasteiger partial charge in [-0.15, -0.1) is 0 Å². The first-order valence-electron chi connectivity index (χ1n) is 7.20. The second kappa shape index (κ2) is 7.13. The molecule has 0 saturated carbocycles. The molecule has 0 bridgehead atoms. The van der Waals surface area contributed by atoms with E-state index >= 15 is 0 Å². The van der Waals surface area contributed by atoms with Crippen molar-refractivity contribution in [3.05, 3.63) is 63.6 Å². The minimum Gasteiger partial charge on any atom is -0.200 e. The second-order valence-electron chi connectivity index (χ2n) is 6.30. The van der Waals surface area contributed by atoms with E-state index in [9.17, 15) is 8.42 Å². The van der Waals surface area contributed by atoms with Gasteiger partial charge in [0.2, 0.25) is 0 Å². The van der Waals surface area contributed by atoms with Gasteiger partial charge in [0.05, 0.1) is 21.2 Å². The van der Waals surface area contributed by atoms with Gasteiger partial charge >= 0.3 is 0 Å². The summed E-state index contributed by atoms with van der Waals surface area (Å²) in [4.78, 5) is 2.15. The smallest absolute Gasteiger partial charge is 0.200 e. The summed E-state index contributed by atoms with van der Waals surface area (Å²) in [5, 5.41) is 4.25. The summed E-state index contributed by atoms with van der Waals surface area (Å²) in [6, 6.07) is 11.8. The third-order valence-electron chi connectivity index (χ3n) is 3.36. The Morgan fingerprint density at radius 3 is 2.17 bits per heavy atom. The van der Waals surface area contributed by atoms with Crippen molar-refractivity contribution < 1.29 is 8.42 Å². The first-order chi connectivity index (χ1) is 11.1. The molecule has 0 unspecified atom stereocenters. The molecule has 2 aromatic rings. The Labute approximate surface area is 152 Å². The molecule has 7 heteroatoms. The molecule has 2 rings (SSSR count). The molecule has 0 aliphatic rings. The summed E-state index contributed by atoms with van der Waals surface area (Å²) in [6.45, 7) is 6.38. The van der Waals surface area contributed by atoms with Crippen molar-refractivity contribution in [3.63, 3.8) is 0 Å². The number of hydrogen-bond acceptors (Lipinski definition) is 3. The molecule has 4 nitrogen and oxygen atoms in total. The van der Waals surface area contributed by atoms with E-state index in [1.165, 1.54) is 30.0 Å². The highest BCUT2D eigenvalue weighted by atomic mass is 35.5. The normalized spacial score (nSPS) is 12.5. The average Bonchev–Trinajstić information content (AvgIpc) is 2.49. The van der Waals surface area contributed by atoms with Gasteiger partial charge < -0.3 is 0 Å². The van der Waals surface area contributed by atoms with E-state index in [2.05, 4.69) is 30.7 Å². The van der Waals surface area contributed by atoms with E-state index in [0.29, 0.717) is 0 Å². The molecule has 128 valence electrons. The van der Waals surface area contributed by atoms with Gasteiger partial charge in [-0.3, -0.25) is 0 Å². The third kappa shape index (κ3) is 4.72. The van der Waals surface area contributed by atoms with Crippen molar-refractivity contribution in [1.29, 1.82) is 0 Å². The average molecular weight is 385 g/mol. The van der Waals surface area contributed by atoms with Crippen LogP contribution < -0.4 is 4.83 Å². The molecule has 0 spiro atoms. The third-order valence-corrected chi connectivity index (χ3v) is 5.32. The van der Waals surface area contributed by atoms with E-state index in [1.54, 1.807) is 0 Å². The minimum atomic E-state index is -3.79. The van der Waals surface area contributed by atoms with Crippen LogP contribution in [0, 0.1) is 0 Å². The molecule has 2 aromatic carbocycles. The molecule has 0 aliphatic carbocycles. The van der Waals surface area contributed by atoms with Crippen LogP contribution >= 0.6 is 23.2 Å². The van der Waals surface area contributed by atoms with E-state index < -0.39 is 10.0 Å². The van der Waals surface area contributed by atoms with Gasteiger partial charge in [-0.05, 0) is 34.7 Å². The van der Waals surface area contributed by atoms with Crippen molar-refractivity contribution in [3.8, 4) is 0 Å². The highest BCUT2D eigenvalue weighted by Crippen LogP contribution is 2.24. The quantitative estimate of drug-likeness (QED) is 0.618. The number of hydrazone groups is 1. The minimum absolute atomic E-state index is 0.00266. The number of nitrogens with zero attached hydrogens (tertiary/aromatic N) is 1. The Balaban J connectivity index is 2.11. The van der Waals surface area contributed by atoms with Crippen LogP contribution in [-0.2, 0) is 15.4 Å². The number of benzene rings is 2. The molecule has 0 aromatic heterocycles. The molecule has 1 N–H and O–H groups in total. The molecule has 0 radical (unpaired) electrons. The largest absolute Gasteiger partial charge is 0.276 e. The molecule has 0 heterocycles. The molecule has 0 atom stereocenters. The Morgan fingerprint density at radius 1 is 1.00 bits per heavy atom.